The van der Waals surface area contributed by atoms with Crippen LogP contribution >= 0.6 is 24.0 Å². The van der Waals surface area contributed by atoms with Crippen molar-refractivity contribution in [2.75, 3.05) is 40.3 Å². The molecule has 8 heteroatoms. The Morgan fingerprint density at radius 2 is 2.29 bits per heavy atom. The third-order valence-corrected chi connectivity index (χ3v) is 4.59. The molecule has 7 nitrogen and oxygen atoms in total. The summed E-state index contributed by atoms with van der Waals surface area (Å²) in [6.07, 6.45) is 6.44. The fourth-order valence-electron chi connectivity index (χ4n) is 3.18. The van der Waals surface area contributed by atoms with Gasteiger partial charge in [-0.25, -0.2) is 0 Å². The molecule has 1 aliphatic heterocycles. The van der Waals surface area contributed by atoms with E-state index in [1.54, 1.807) is 0 Å². The predicted octanol–water partition coefficient (Wildman–Crippen LogP) is 1.03. The van der Waals surface area contributed by atoms with E-state index in [0.29, 0.717) is 18.5 Å². The number of nitrogens with one attached hydrogen (secondary N) is 1. The number of rotatable bonds is 7. The zero-order chi connectivity index (χ0) is 16.8. The van der Waals surface area contributed by atoms with E-state index in [0.717, 1.165) is 18.7 Å². The van der Waals surface area contributed by atoms with Gasteiger partial charge >= 0.3 is 0 Å². The molecule has 0 bridgehead atoms. The van der Waals surface area contributed by atoms with Crippen LogP contribution in [-0.4, -0.2) is 71.9 Å². The van der Waals surface area contributed by atoms with E-state index in [-0.39, 0.29) is 30.0 Å². The molecule has 1 aromatic heterocycles. The van der Waals surface area contributed by atoms with Crippen LogP contribution in [0, 0.1) is 0 Å². The quantitative estimate of drug-likeness (QED) is 0.370. The smallest absolute Gasteiger partial charge is 0.188 e. The molecule has 0 aliphatic carbocycles. The number of hydrogen-bond donors (Lipinski definition) is 2. The molecule has 138 valence electrons. The first-order valence-electron chi connectivity index (χ1n) is 8.44. The average Bonchev–Trinajstić information content (AvgIpc) is 3.13. The largest absolute Gasteiger partial charge is 0.370 e. The van der Waals surface area contributed by atoms with Crippen molar-refractivity contribution in [3.05, 3.63) is 18.0 Å². The second-order valence-corrected chi connectivity index (χ2v) is 6.46. The summed E-state index contributed by atoms with van der Waals surface area (Å²) >= 11 is 0. The summed E-state index contributed by atoms with van der Waals surface area (Å²) in [5.41, 5.74) is 7.21. The monoisotopic (exact) mass is 449 g/mol. The van der Waals surface area contributed by atoms with Gasteiger partial charge in [-0.15, -0.1) is 24.0 Å². The van der Waals surface area contributed by atoms with Crippen LogP contribution < -0.4 is 11.1 Å². The van der Waals surface area contributed by atoms with Crippen molar-refractivity contribution in [1.82, 2.24) is 24.9 Å². The zero-order valence-corrected chi connectivity index (χ0v) is 17.6. The first-order chi connectivity index (χ1) is 11.0. The Kier molecular flexibility index (Phi) is 8.99. The van der Waals surface area contributed by atoms with E-state index in [9.17, 15) is 0 Å². The van der Waals surface area contributed by atoms with Crippen molar-refractivity contribution in [2.24, 2.45) is 17.8 Å². The molecule has 1 saturated heterocycles. The maximum atomic E-state index is 6.05. The number of hydrogen-bond acceptors (Lipinski definition) is 4. The summed E-state index contributed by atoms with van der Waals surface area (Å²) in [7, 11) is 6.03. The topological polar surface area (TPSA) is 74.7 Å². The Morgan fingerprint density at radius 1 is 1.54 bits per heavy atom. The van der Waals surface area contributed by atoms with Crippen molar-refractivity contribution in [3.8, 4) is 0 Å². The fourth-order valence-corrected chi connectivity index (χ4v) is 3.18. The van der Waals surface area contributed by atoms with Crippen LogP contribution in [0.2, 0.25) is 0 Å². The number of nitrogens with two attached hydrogens (primary N) is 1. The van der Waals surface area contributed by atoms with Crippen molar-refractivity contribution >= 4 is 29.9 Å². The first-order valence-corrected chi connectivity index (χ1v) is 8.44. The molecule has 0 amide bonds. The number of aryl methyl sites for hydroxylation is 1. The zero-order valence-electron chi connectivity index (χ0n) is 15.3. The molecule has 24 heavy (non-hydrogen) atoms. The number of likely N-dealkylation sites (tertiary alicyclic amines) is 1. The van der Waals surface area contributed by atoms with Crippen molar-refractivity contribution in [2.45, 2.75) is 31.8 Å². The lowest BCUT2D eigenvalue weighted by Gasteiger charge is -2.24. The predicted molar refractivity (Wildman–Crippen MR) is 110 cm³/mol. The van der Waals surface area contributed by atoms with Gasteiger partial charge in [-0.05, 0) is 40.0 Å². The normalized spacial score (nSPS) is 20.2. The molecule has 3 N–H and O–H groups in total. The number of aliphatic imine (C=N–C) groups is 1. The van der Waals surface area contributed by atoms with Crippen LogP contribution in [0.5, 0.6) is 0 Å². The maximum absolute atomic E-state index is 6.05. The summed E-state index contributed by atoms with van der Waals surface area (Å²) in [6, 6.07) is 0.763. The SMILES string of the molecule is CCN1CCCC1CNC(N)=NCC(c1cnn(C)c1)N(C)C.I. The van der Waals surface area contributed by atoms with Gasteiger partial charge in [0.25, 0.3) is 0 Å². The molecular weight excluding hydrogens is 417 g/mol. The average molecular weight is 449 g/mol. The Hall–Kier alpha value is -0.870. The summed E-state index contributed by atoms with van der Waals surface area (Å²) < 4.78 is 1.82. The fraction of sp³-hybridized carbons (Fsp3) is 0.750. The van der Waals surface area contributed by atoms with Crippen LogP contribution in [0.1, 0.15) is 31.4 Å². The molecule has 0 aromatic carbocycles. The Bertz CT molecular complexity index is 514. The third kappa shape index (κ3) is 5.89. The molecule has 2 unspecified atom stereocenters. The highest BCUT2D eigenvalue weighted by Gasteiger charge is 2.22. The molecule has 2 heterocycles. The number of nitrogens with zero attached hydrogens (tertiary/aromatic N) is 5. The van der Waals surface area contributed by atoms with E-state index >= 15 is 0 Å². The van der Waals surface area contributed by atoms with Gasteiger partial charge in [0.1, 0.15) is 0 Å². The van der Waals surface area contributed by atoms with E-state index in [4.69, 9.17) is 5.73 Å². The van der Waals surface area contributed by atoms with Gasteiger partial charge in [0.2, 0.25) is 0 Å². The minimum atomic E-state index is 0. The highest BCUT2D eigenvalue weighted by molar-refractivity contribution is 14.0. The van der Waals surface area contributed by atoms with Crippen molar-refractivity contribution in [1.29, 1.82) is 0 Å². The second kappa shape index (κ2) is 10.2. The molecule has 1 aliphatic rings. The first kappa shape index (κ1) is 21.2. The molecule has 1 aromatic rings. The number of likely N-dealkylation sites (N-methyl/N-ethyl adjacent to an activating group) is 2. The van der Waals surface area contributed by atoms with Crippen LogP contribution in [0.4, 0.5) is 0 Å². The third-order valence-electron chi connectivity index (χ3n) is 4.59. The summed E-state index contributed by atoms with van der Waals surface area (Å²) in [5, 5.41) is 7.53. The minimum Gasteiger partial charge on any atom is -0.370 e. The highest BCUT2D eigenvalue weighted by atomic mass is 127. The number of halogens is 1. The maximum Gasteiger partial charge on any atom is 0.188 e. The van der Waals surface area contributed by atoms with Crippen molar-refractivity contribution < 1.29 is 0 Å². The standard InChI is InChI=1S/C16H31N7.HI/c1-5-23-8-6-7-14(23)10-18-16(17)19-11-15(21(2)3)13-9-20-22(4)12-13;/h9,12,14-15H,5-8,10-11H2,1-4H3,(H3,17,18,19);1H. The molecule has 0 radical (unpaired) electrons. The van der Waals surface area contributed by atoms with Crippen molar-refractivity contribution in [3.63, 3.8) is 0 Å². The van der Waals surface area contributed by atoms with Crippen LogP contribution in [0.3, 0.4) is 0 Å². The Labute approximate surface area is 162 Å². The number of aromatic nitrogens is 2. The summed E-state index contributed by atoms with van der Waals surface area (Å²) in [5.74, 6) is 0.531. The lowest BCUT2D eigenvalue weighted by molar-refractivity contribution is 0.267. The lowest BCUT2D eigenvalue weighted by Crippen LogP contribution is -2.43. The van der Waals surface area contributed by atoms with E-state index in [1.807, 2.05) is 24.1 Å². The number of guanidine groups is 1. The molecule has 2 rings (SSSR count). The van der Waals surface area contributed by atoms with Crippen LogP contribution in [0.15, 0.2) is 17.4 Å². The molecule has 1 fully saturated rings. The highest BCUT2D eigenvalue weighted by Crippen LogP contribution is 2.18. The van der Waals surface area contributed by atoms with E-state index in [2.05, 4.69) is 46.2 Å². The van der Waals surface area contributed by atoms with Gasteiger partial charge in [-0.1, -0.05) is 6.92 Å². The Balaban J connectivity index is 0.00000288. The molecule has 2 atom stereocenters. The van der Waals surface area contributed by atoms with E-state index < -0.39 is 0 Å². The molecule has 0 saturated carbocycles. The van der Waals surface area contributed by atoms with Crippen LogP contribution in [0.25, 0.3) is 0 Å². The van der Waals surface area contributed by atoms with Gasteiger partial charge in [0.15, 0.2) is 5.96 Å². The summed E-state index contributed by atoms with van der Waals surface area (Å²) in [6.45, 7) is 6.02. The van der Waals surface area contributed by atoms with Gasteiger partial charge in [-0.2, -0.15) is 5.10 Å². The van der Waals surface area contributed by atoms with Crippen LogP contribution in [-0.2, 0) is 7.05 Å². The Morgan fingerprint density at radius 3 is 2.88 bits per heavy atom. The van der Waals surface area contributed by atoms with E-state index in [1.165, 1.54) is 19.4 Å². The molecular formula is C16H32IN7. The summed E-state index contributed by atoms with van der Waals surface area (Å²) in [4.78, 5) is 9.17. The van der Waals surface area contributed by atoms with Gasteiger partial charge in [0.05, 0.1) is 18.8 Å². The minimum absolute atomic E-state index is 0. The molecule has 0 spiro atoms. The second-order valence-electron chi connectivity index (χ2n) is 6.46. The lowest BCUT2D eigenvalue weighted by atomic mass is 10.1. The van der Waals surface area contributed by atoms with Gasteiger partial charge in [-0.3, -0.25) is 14.6 Å². The van der Waals surface area contributed by atoms with Gasteiger partial charge < -0.3 is 16.0 Å². The van der Waals surface area contributed by atoms with Gasteiger partial charge in [0, 0.05) is 31.4 Å².